The van der Waals surface area contributed by atoms with Crippen molar-refractivity contribution in [3.63, 3.8) is 0 Å². The number of rotatable bonds is 6. The van der Waals surface area contributed by atoms with Gasteiger partial charge in [0.1, 0.15) is 5.69 Å². The molecular weight excluding hydrogens is 336 g/mol. The predicted octanol–water partition coefficient (Wildman–Crippen LogP) is 4.77. The van der Waals surface area contributed by atoms with Crippen LogP contribution in [0.25, 0.3) is 0 Å². The van der Waals surface area contributed by atoms with Crippen LogP contribution < -0.4 is 10.6 Å². The SMILES string of the molecule is Cc1cc(C(=O)NCCC2=CCCCC2)nc(Nc2c(C)cccc2C)n1. The molecule has 0 saturated heterocycles. The van der Waals surface area contributed by atoms with Crippen LogP contribution in [-0.2, 0) is 0 Å². The summed E-state index contributed by atoms with van der Waals surface area (Å²) in [4.78, 5) is 21.4. The number of allylic oxidation sites excluding steroid dienone is 1. The fourth-order valence-electron chi connectivity index (χ4n) is 3.42. The summed E-state index contributed by atoms with van der Waals surface area (Å²) in [6.07, 6.45) is 8.11. The molecule has 142 valence electrons. The van der Waals surface area contributed by atoms with Crippen molar-refractivity contribution in [1.29, 1.82) is 0 Å². The first-order chi connectivity index (χ1) is 13.0. The number of hydrogen-bond donors (Lipinski definition) is 2. The summed E-state index contributed by atoms with van der Waals surface area (Å²) in [5.74, 6) is 0.300. The number of aromatic nitrogens is 2. The summed E-state index contributed by atoms with van der Waals surface area (Å²) in [6.45, 7) is 6.60. The highest BCUT2D eigenvalue weighted by atomic mass is 16.1. The van der Waals surface area contributed by atoms with Crippen LogP contribution in [0, 0.1) is 20.8 Å². The van der Waals surface area contributed by atoms with Gasteiger partial charge in [-0.1, -0.05) is 29.8 Å². The van der Waals surface area contributed by atoms with Crippen molar-refractivity contribution >= 4 is 17.5 Å². The maximum absolute atomic E-state index is 12.5. The molecule has 1 heterocycles. The number of nitrogens with zero attached hydrogens (tertiary/aromatic N) is 2. The maximum atomic E-state index is 12.5. The van der Waals surface area contributed by atoms with Gasteiger partial charge in [-0.3, -0.25) is 4.79 Å². The second-order valence-electron chi connectivity index (χ2n) is 7.22. The fourth-order valence-corrected chi connectivity index (χ4v) is 3.42. The predicted molar refractivity (Wildman–Crippen MR) is 109 cm³/mol. The first kappa shape index (κ1) is 19.1. The van der Waals surface area contributed by atoms with Gasteiger partial charge in [-0.25, -0.2) is 9.97 Å². The molecule has 27 heavy (non-hydrogen) atoms. The molecule has 0 atom stereocenters. The molecule has 0 fully saturated rings. The van der Waals surface area contributed by atoms with Crippen LogP contribution in [0.3, 0.4) is 0 Å². The van der Waals surface area contributed by atoms with Gasteiger partial charge in [0.05, 0.1) is 0 Å². The summed E-state index contributed by atoms with van der Waals surface area (Å²) in [6, 6.07) is 7.83. The minimum atomic E-state index is -0.151. The van der Waals surface area contributed by atoms with Gasteiger partial charge in [-0.15, -0.1) is 0 Å². The molecule has 2 aromatic rings. The van der Waals surface area contributed by atoms with Gasteiger partial charge in [0.25, 0.3) is 5.91 Å². The molecule has 1 aromatic carbocycles. The number of aryl methyl sites for hydroxylation is 3. The van der Waals surface area contributed by atoms with Gasteiger partial charge in [0.15, 0.2) is 0 Å². The van der Waals surface area contributed by atoms with Crippen LogP contribution in [0.4, 0.5) is 11.6 Å². The van der Waals surface area contributed by atoms with Crippen LogP contribution >= 0.6 is 0 Å². The highest BCUT2D eigenvalue weighted by molar-refractivity contribution is 5.92. The van der Waals surface area contributed by atoms with Crippen LogP contribution in [0.1, 0.15) is 59.4 Å². The zero-order valence-electron chi connectivity index (χ0n) is 16.4. The summed E-state index contributed by atoms with van der Waals surface area (Å²) >= 11 is 0. The Bertz CT molecular complexity index is 837. The smallest absolute Gasteiger partial charge is 0.270 e. The summed E-state index contributed by atoms with van der Waals surface area (Å²) in [5, 5.41) is 6.26. The Morgan fingerprint density at radius 3 is 2.59 bits per heavy atom. The van der Waals surface area contributed by atoms with E-state index in [1.807, 2.05) is 39.0 Å². The number of nitrogens with one attached hydrogen (secondary N) is 2. The molecule has 0 spiro atoms. The Labute approximate surface area is 161 Å². The summed E-state index contributed by atoms with van der Waals surface area (Å²) < 4.78 is 0. The summed E-state index contributed by atoms with van der Waals surface area (Å²) in [5.41, 5.74) is 5.84. The lowest BCUT2D eigenvalue weighted by atomic mass is 9.97. The normalized spacial score (nSPS) is 13.8. The van der Waals surface area contributed by atoms with Gasteiger partial charge in [-0.05, 0) is 70.1 Å². The highest BCUT2D eigenvalue weighted by Crippen LogP contribution is 2.23. The number of carbonyl (C=O) groups excluding carboxylic acids is 1. The standard InChI is InChI=1S/C22H28N4O/c1-15-8-7-9-16(2)20(15)26-22-24-17(3)14-19(25-22)21(27)23-13-12-18-10-5-4-6-11-18/h7-10,14H,4-6,11-13H2,1-3H3,(H,23,27)(H,24,25,26). The average Bonchev–Trinajstić information content (AvgIpc) is 2.65. The third-order valence-corrected chi connectivity index (χ3v) is 4.92. The van der Waals surface area contributed by atoms with E-state index in [9.17, 15) is 4.79 Å². The Hall–Kier alpha value is -2.69. The van der Waals surface area contributed by atoms with Crippen molar-refractivity contribution in [3.05, 3.63) is 58.4 Å². The molecule has 2 N–H and O–H groups in total. The Balaban J connectivity index is 1.67. The Morgan fingerprint density at radius 1 is 1.11 bits per heavy atom. The minimum Gasteiger partial charge on any atom is -0.350 e. The molecular formula is C22H28N4O. The van der Waals surface area contributed by atoms with Crippen LogP contribution in [0.15, 0.2) is 35.9 Å². The number of benzene rings is 1. The zero-order valence-corrected chi connectivity index (χ0v) is 16.4. The van der Waals surface area contributed by atoms with Crippen LogP contribution in [-0.4, -0.2) is 22.4 Å². The first-order valence-electron chi connectivity index (χ1n) is 9.68. The molecule has 0 saturated carbocycles. The lowest BCUT2D eigenvalue weighted by Gasteiger charge is -2.14. The molecule has 5 nitrogen and oxygen atoms in total. The monoisotopic (exact) mass is 364 g/mol. The lowest BCUT2D eigenvalue weighted by molar-refractivity contribution is 0.0949. The second-order valence-corrected chi connectivity index (χ2v) is 7.22. The number of para-hydroxylation sites is 1. The Morgan fingerprint density at radius 2 is 1.89 bits per heavy atom. The van der Waals surface area contributed by atoms with E-state index < -0.39 is 0 Å². The third-order valence-electron chi connectivity index (χ3n) is 4.92. The highest BCUT2D eigenvalue weighted by Gasteiger charge is 2.12. The van der Waals surface area contributed by atoms with Gasteiger partial charge < -0.3 is 10.6 Å². The maximum Gasteiger partial charge on any atom is 0.270 e. The molecule has 0 aliphatic heterocycles. The van der Waals surface area contributed by atoms with Gasteiger partial charge >= 0.3 is 0 Å². The Kier molecular flexibility index (Phi) is 6.22. The van der Waals surface area contributed by atoms with Crippen molar-refractivity contribution < 1.29 is 4.79 Å². The molecule has 0 bridgehead atoms. The second kappa shape index (κ2) is 8.80. The van der Waals surface area contributed by atoms with Gasteiger partial charge in [-0.2, -0.15) is 0 Å². The third kappa shape index (κ3) is 5.16. The number of anilines is 2. The van der Waals surface area contributed by atoms with E-state index in [2.05, 4.69) is 26.7 Å². The lowest BCUT2D eigenvalue weighted by Crippen LogP contribution is -2.26. The molecule has 0 unspecified atom stereocenters. The van der Waals surface area contributed by atoms with E-state index in [0.717, 1.165) is 35.3 Å². The molecule has 1 aliphatic rings. The quantitative estimate of drug-likeness (QED) is 0.725. The van der Waals surface area contributed by atoms with E-state index in [4.69, 9.17) is 0 Å². The molecule has 3 rings (SSSR count). The van der Waals surface area contributed by atoms with Gasteiger partial charge in [0, 0.05) is 17.9 Å². The van der Waals surface area contributed by atoms with E-state index in [1.165, 1.54) is 24.8 Å². The molecule has 5 heteroatoms. The van der Waals surface area contributed by atoms with Crippen molar-refractivity contribution in [2.24, 2.45) is 0 Å². The number of amides is 1. The molecule has 1 aromatic heterocycles. The zero-order chi connectivity index (χ0) is 19.2. The fraction of sp³-hybridized carbons (Fsp3) is 0.409. The summed E-state index contributed by atoms with van der Waals surface area (Å²) in [7, 11) is 0. The molecule has 0 radical (unpaired) electrons. The average molecular weight is 364 g/mol. The van der Waals surface area contributed by atoms with Crippen molar-refractivity contribution in [3.8, 4) is 0 Å². The van der Waals surface area contributed by atoms with Crippen molar-refractivity contribution in [1.82, 2.24) is 15.3 Å². The minimum absolute atomic E-state index is 0.151. The van der Waals surface area contributed by atoms with Crippen molar-refractivity contribution in [2.45, 2.75) is 52.9 Å². The van der Waals surface area contributed by atoms with Crippen LogP contribution in [0.5, 0.6) is 0 Å². The first-order valence-corrected chi connectivity index (χ1v) is 9.68. The van der Waals surface area contributed by atoms with E-state index >= 15 is 0 Å². The molecule has 1 aliphatic carbocycles. The number of hydrogen-bond acceptors (Lipinski definition) is 4. The van der Waals surface area contributed by atoms with Gasteiger partial charge in [0.2, 0.25) is 5.95 Å². The topological polar surface area (TPSA) is 66.9 Å². The van der Waals surface area contributed by atoms with E-state index in [1.54, 1.807) is 6.07 Å². The number of carbonyl (C=O) groups is 1. The van der Waals surface area contributed by atoms with Crippen molar-refractivity contribution in [2.75, 3.05) is 11.9 Å². The van der Waals surface area contributed by atoms with E-state index in [-0.39, 0.29) is 5.91 Å². The van der Waals surface area contributed by atoms with E-state index in [0.29, 0.717) is 18.2 Å². The van der Waals surface area contributed by atoms with Crippen LogP contribution in [0.2, 0.25) is 0 Å². The largest absolute Gasteiger partial charge is 0.350 e. The molecule has 1 amide bonds.